The van der Waals surface area contributed by atoms with Crippen molar-refractivity contribution in [2.45, 2.75) is 55.8 Å². The van der Waals surface area contributed by atoms with Crippen LogP contribution >= 0.6 is 0 Å². The Morgan fingerprint density at radius 3 is 2.46 bits per heavy atom. The van der Waals surface area contributed by atoms with Crippen molar-refractivity contribution in [1.82, 2.24) is 14.6 Å². The van der Waals surface area contributed by atoms with E-state index in [0.29, 0.717) is 16.8 Å². The zero-order chi connectivity index (χ0) is 24.8. The maximum Gasteiger partial charge on any atom is 0.243 e. The van der Waals surface area contributed by atoms with Gasteiger partial charge < -0.3 is 10.2 Å². The molecule has 1 aromatic carbocycles. The summed E-state index contributed by atoms with van der Waals surface area (Å²) in [6, 6.07) is 4.50. The highest BCUT2D eigenvalue weighted by Gasteiger charge is 2.45. The van der Waals surface area contributed by atoms with Crippen molar-refractivity contribution >= 4 is 21.6 Å². The molecule has 1 spiro atoms. The van der Waals surface area contributed by atoms with Gasteiger partial charge in [0.15, 0.2) is 5.82 Å². The lowest BCUT2D eigenvalue weighted by molar-refractivity contribution is -0.124. The van der Waals surface area contributed by atoms with Crippen molar-refractivity contribution in [2.75, 3.05) is 24.5 Å². The number of halogens is 3. The predicted octanol–water partition coefficient (Wildman–Crippen LogP) is 3.16. The number of hydrogen-bond acceptors (Lipinski definition) is 5. The van der Waals surface area contributed by atoms with Crippen molar-refractivity contribution in [3.05, 3.63) is 53.9 Å². The maximum atomic E-state index is 14.5. The average molecular weight is 509 g/mol. The number of rotatable bonds is 6. The molecule has 1 saturated carbocycles. The minimum atomic E-state index is -4.20. The van der Waals surface area contributed by atoms with Crippen LogP contribution in [0, 0.1) is 17.0 Å². The lowest BCUT2D eigenvalue weighted by Gasteiger charge is -2.34. The Morgan fingerprint density at radius 1 is 1.11 bits per heavy atom. The van der Waals surface area contributed by atoms with E-state index in [2.05, 4.69) is 10.3 Å². The number of amides is 1. The summed E-state index contributed by atoms with van der Waals surface area (Å²) in [5.74, 6) is -1.71. The first kappa shape index (κ1) is 24.1. The molecule has 2 saturated heterocycles. The highest BCUT2D eigenvalue weighted by Crippen LogP contribution is 2.54. The van der Waals surface area contributed by atoms with Crippen LogP contribution in [0.25, 0.3) is 0 Å². The molecule has 2 aromatic rings. The van der Waals surface area contributed by atoms with Crippen molar-refractivity contribution in [3.8, 4) is 0 Å². The van der Waals surface area contributed by atoms with Gasteiger partial charge in [-0.2, -0.15) is 4.31 Å². The summed E-state index contributed by atoms with van der Waals surface area (Å²) in [4.78, 5) is 18.7. The van der Waals surface area contributed by atoms with E-state index in [4.69, 9.17) is 0 Å². The number of carbonyl (C=O) groups is 1. The number of nitrogens with zero attached hydrogens (tertiary/aromatic N) is 3. The van der Waals surface area contributed by atoms with E-state index in [0.717, 1.165) is 60.7 Å². The first-order valence-electron chi connectivity index (χ1n) is 11.8. The third kappa shape index (κ3) is 4.88. The van der Waals surface area contributed by atoms with Gasteiger partial charge in [0, 0.05) is 26.1 Å². The highest BCUT2D eigenvalue weighted by atomic mass is 32.2. The van der Waals surface area contributed by atoms with Crippen molar-refractivity contribution in [2.24, 2.45) is 5.41 Å². The van der Waals surface area contributed by atoms with Crippen LogP contribution < -0.4 is 10.2 Å². The van der Waals surface area contributed by atoms with Gasteiger partial charge in [0.05, 0.1) is 29.0 Å². The molecule has 0 radical (unpaired) electrons. The van der Waals surface area contributed by atoms with Gasteiger partial charge in [0.2, 0.25) is 15.9 Å². The highest BCUT2D eigenvalue weighted by molar-refractivity contribution is 7.89. The van der Waals surface area contributed by atoms with E-state index in [-0.39, 0.29) is 17.9 Å². The third-order valence-electron chi connectivity index (χ3n) is 7.38. The molecule has 1 aromatic heterocycles. The molecule has 5 rings (SSSR count). The topological polar surface area (TPSA) is 82.6 Å². The van der Waals surface area contributed by atoms with Crippen LogP contribution in [-0.2, 0) is 21.4 Å². The second-order valence-corrected chi connectivity index (χ2v) is 11.6. The van der Waals surface area contributed by atoms with Gasteiger partial charge in [0.1, 0.15) is 18.0 Å². The zero-order valence-corrected chi connectivity index (χ0v) is 19.9. The maximum absolute atomic E-state index is 14.5. The number of hydrogen-bond donors (Lipinski definition) is 1. The molecule has 2 atom stereocenters. The number of alkyl halides is 1. The summed E-state index contributed by atoms with van der Waals surface area (Å²) >= 11 is 0. The number of piperidine rings is 1. The van der Waals surface area contributed by atoms with E-state index < -0.39 is 46.3 Å². The van der Waals surface area contributed by atoms with Crippen LogP contribution in [-0.4, -0.2) is 55.5 Å². The van der Waals surface area contributed by atoms with Gasteiger partial charge in [0.25, 0.3) is 0 Å². The quantitative estimate of drug-likeness (QED) is 0.648. The molecule has 3 fully saturated rings. The number of aromatic nitrogens is 1. The molecule has 35 heavy (non-hydrogen) atoms. The zero-order valence-electron chi connectivity index (χ0n) is 19.1. The second kappa shape index (κ2) is 9.09. The van der Waals surface area contributed by atoms with Crippen LogP contribution in [0.3, 0.4) is 0 Å². The Bertz CT molecular complexity index is 1210. The summed E-state index contributed by atoms with van der Waals surface area (Å²) < 4.78 is 68.7. The van der Waals surface area contributed by atoms with Gasteiger partial charge in [-0.15, -0.1) is 0 Å². The summed E-state index contributed by atoms with van der Waals surface area (Å²) in [6.07, 6.45) is 3.87. The Hall–Kier alpha value is -2.66. The number of carbonyl (C=O) groups excluding carboxylic acids is 1. The van der Waals surface area contributed by atoms with E-state index in [1.165, 1.54) is 12.8 Å². The fraction of sp³-hybridized carbons (Fsp3) is 0.500. The van der Waals surface area contributed by atoms with Crippen LogP contribution in [0.2, 0.25) is 0 Å². The van der Waals surface area contributed by atoms with Gasteiger partial charge >= 0.3 is 0 Å². The van der Waals surface area contributed by atoms with E-state index in [1.54, 1.807) is 6.07 Å². The lowest BCUT2D eigenvalue weighted by Crippen LogP contribution is -2.45. The fourth-order valence-corrected chi connectivity index (χ4v) is 6.63. The Kier molecular flexibility index (Phi) is 6.25. The molecule has 3 aliphatic rings. The molecule has 1 aliphatic carbocycles. The van der Waals surface area contributed by atoms with Crippen molar-refractivity contribution < 1.29 is 26.4 Å². The second-order valence-electron chi connectivity index (χ2n) is 9.71. The molecule has 1 amide bonds. The molecule has 7 nitrogen and oxygen atoms in total. The fourth-order valence-electron chi connectivity index (χ4n) is 5.01. The minimum Gasteiger partial charge on any atom is -0.369 e. The molecular weight excluding hydrogens is 481 g/mol. The summed E-state index contributed by atoms with van der Waals surface area (Å²) in [6.45, 7) is 1.01. The van der Waals surface area contributed by atoms with Crippen molar-refractivity contribution in [1.29, 1.82) is 0 Å². The molecule has 2 aliphatic heterocycles. The van der Waals surface area contributed by atoms with Crippen LogP contribution in [0.1, 0.15) is 37.8 Å². The van der Waals surface area contributed by atoms with E-state index in [1.807, 2.05) is 4.90 Å². The molecule has 188 valence electrons. The summed E-state index contributed by atoms with van der Waals surface area (Å²) in [5.41, 5.74) is 1.31. The van der Waals surface area contributed by atoms with E-state index >= 15 is 0 Å². The monoisotopic (exact) mass is 508 g/mol. The van der Waals surface area contributed by atoms with Gasteiger partial charge in [-0.1, -0.05) is 0 Å². The predicted molar refractivity (Wildman–Crippen MR) is 123 cm³/mol. The largest absolute Gasteiger partial charge is 0.369 e. The SMILES string of the molecule is O=C(NCc1cc(N2CCC3(CC2)CC3)c(F)cn1)[C@@H]1C[C@@H](F)CN1S(=O)(=O)c1ccc(F)cc1. The Labute approximate surface area is 202 Å². The van der Waals surface area contributed by atoms with Crippen molar-refractivity contribution in [3.63, 3.8) is 0 Å². The normalized spacial score (nSPS) is 24.0. The molecule has 0 unspecified atom stereocenters. The molecule has 0 bridgehead atoms. The summed E-state index contributed by atoms with van der Waals surface area (Å²) in [5, 5.41) is 2.62. The number of pyridine rings is 1. The average Bonchev–Trinajstić information content (AvgIpc) is 3.47. The van der Waals surface area contributed by atoms with Gasteiger partial charge in [-0.05, 0) is 61.4 Å². The van der Waals surface area contributed by atoms with Crippen LogP contribution in [0.15, 0.2) is 41.4 Å². The lowest BCUT2D eigenvalue weighted by atomic mass is 9.93. The number of benzene rings is 1. The van der Waals surface area contributed by atoms with Gasteiger partial charge in [-0.3, -0.25) is 9.78 Å². The molecule has 11 heteroatoms. The van der Waals surface area contributed by atoms with E-state index in [9.17, 15) is 26.4 Å². The molecular formula is C24H27F3N4O3S. The number of sulfonamides is 1. The number of nitrogens with one attached hydrogen (secondary N) is 1. The van der Waals surface area contributed by atoms with Crippen LogP contribution in [0.5, 0.6) is 0 Å². The molecule has 1 N–H and O–H groups in total. The first-order valence-corrected chi connectivity index (χ1v) is 13.2. The standard InChI is InChI=1S/C24H27F3N4O3S/c25-16-1-3-19(4-2-16)35(33,34)31-15-17(26)11-22(31)23(32)29-13-18-12-21(20(27)14-28-18)30-9-7-24(5-6-24)8-10-30/h1-4,12,14,17,22H,5-11,13,15H2,(H,29,32)/t17-,22+/m1/s1. The molecule has 3 heterocycles. The first-order chi connectivity index (χ1) is 16.7. The summed E-state index contributed by atoms with van der Waals surface area (Å²) in [7, 11) is -4.20. The van der Waals surface area contributed by atoms with Gasteiger partial charge in [-0.25, -0.2) is 21.6 Å². The minimum absolute atomic E-state index is 0.0538. The third-order valence-corrected chi connectivity index (χ3v) is 9.27. The number of anilines is 1. The Balaban J connectivity index is 1.26. The Morgan fingerprint density at radius 2 is 1.80 bits per heavy atom. The van der Waals surface area contributed by atoms with Crippen LogP contribution in [0.4, 0.5) is 18.9 Å². The smallest absolute Gasteiger partial charge is 0.243 e.